The minimum atomic E-state index is -1.03. The average Bonchev–Trinajstić information content (AvgIpc) is 2.25. The largest absolute Gasteiger partial charge is 0.481 e. The number of hydrogen-bond acceptors (Lipinski definition) is 2. The van der Waals surface area contributed by atoms with Gasteiger partial charge in [0.05, 0.1) is 0 Å². The van der Waals surface area contributed by atoms with E-state index in [1.165, 1.54) is 38.2 Å². The highest BCUT2D eigenvalue weighted by Gasteiger charge is 2.47. The Bertz CT molecular complexity index is 369. The van der Waals surface area contributed by atoms with Crippen molar-refractivity contribution in [2.75, 3.05) is 0 Å². The summed E-state index contributed by atoms with van der Waals surface area (Å²) in [6.45, 7) is 0. The van der Waals surface area contributed by atoms with Crippen LogP contribution in [0, 0.1) is 29.6 Å². The van der Waals surface area contributed by atoms with Gasteiger partial charge in [-0.1, -0.05) is 6.08 Å². The molecule has 0 saturated heterocycles. The Labute approximate surface area is 107 Å². The third-order valence-electron chi connectivity index (χ3n) is 5.13. The summed E-state index contributed by atoms with van der Waals surface area (Å²) in [5.74, 6) is 2.63. The molecule has 4 fully saturated rings. The maximum Gasteiger partial charge on any atom is 0.311 e. The maximum absolute atomic E-state index is 11.4. The van der Waals surface area contributed by atoms with E-state index in [0.717, 1.165) is 23.7 Å². The summed E-state index contributed by atoms with van der Waals surface area (Å²) in [5, 5.41) is 8.57. The summed E-state index contributed by atoms with van der Waals surface area (Å²) in [4.78, 5) is 21.9. The lowest BCUT2D eigenvalue weighted by atomic mass is 9.52. The molecule has 4 aliphatic carbocycles. The zero-order valence-electron chi connectivity index (χ0n) is 10.5. The first-order chi connectivity index (χ1) is 8.61. The van der Waals surface area contributed by atoms with Crippen LogP contribution in [0.2, 0.25) is 0 Å². The molecule has 3 nitrogen and oxygen atoms in total. The molecule has 0 radical (unpaired) electrons. The fourth-order valence-electron chi connectivity index (χ4n) is 4.71. The molecule has 4 aliphatic rings. The van der Waals surface area contributed by atoms with Crippen LogP contribution in [0.4, 0.5) is 0 Å². The Morgan fingerprint density at radius 3 is 2.06 bits per heavy atom. The summed E-state index contributed by atoms with van der Waals surface area (Å²) < 4.78 is 0. The third kappa shape index (κ3) is 2.23. The first kappa shape index (κ1) is 11.9. The zero-order valence-corrected chi connectivity index (χ0v) is 10.5. The molecular weight excluding hydrogens is 228 g/mol. The van der Waals surface area contributed by atoms with Crippen LogP contribution in [-0.2, 0) is 9.59 Å². The summed E-state index contributed by atoms with van der Waals surface area (Å²) >= 11 is 0. The van der Waals surface area contributed by atoms with Gasteiger partial charge in [-0.05, 0) is 67.8 Å². The Hall–Kier alpha value is -1.12. The summed E-state index contributed by atoms with van der Waals surface area (Å²) in [5.41, 5.74) is 0. The van der Waals surface area contributed by atoms with Gasteiger partial charge in [-0.2, -0.15) is 0 Å². The zero-order chi connectivity index (χ0) is 12.7. The van der Waals surface area contributed by atoms with Gasteiger partial charge < -0.3 is 5.11 Å². The lowest BCUT2D eigenvalue weighted by Crippen LogP contribution is -2.44. The highest BCUT2D eigenvalue weighted by molar-refractivity contribution is 6.01. The van der Waals surface area contributed by atoms with E-state index in [1.54, 1.807) is 0 Å². The van der Waals surface area contributed by atoms with Gasteiger partial charge in [0.15, 0.2) is 5.78 Å². The average molecular weight is 248 g/mol. The molecule has 3 heteroatoms. The number of carbonyl (C=O) groups is 2. The van der Waals surface area contributed by atoms with Gasteiger partial charge in [-0.15, -0.1) is 0 Å². The van der Waals surface area contributed by atoms with Gasteiger partial charge in [0.2, 0.25) is 0 Å². The van der Waals surface area contributed by atoms with E-state index in [-0.39, 0.29) is 12.2 Å². The first-order valence-electron chi connectivity index (χ1n) is 7.04. The molecule has 4 rings (SSSR count). The number of carboxylic acid groups (broad SMARTS) is 1. The molecule has 4 saturated carbocycles. The minimum absolute atomic E-state index is 0.267. The van der Waals surface area contributed by atoms with E-state index in [2.05, 4.69) is 0 Å². The summed E-state index contributed by atoms with van der Waals surface area (Å²) in [6, 6.07) is 0. The molecular formula is C15H20O3. The van der Waals surface area contributed by atoms with Crippen LogP contribution in [0.25, 0.3) is 0 Å². The molecule has 18 heavy (non-hydrogen) atoms. The topological polar surface area (TPSA) is 54.4 Å². The van der Waals surface area contributed by atoms with Gasteiger partial charge >= 0.3 is 5.97 Å². The summed E-state index contributed by atoms with van der Waals surface area (Å²) in [6.07, 6.45) is 9.93. The van der Waals surface area contributed by atoms with Crippen LogP contribution < -0.4 is 0 Å². The normalized spacial score (nSPS) is 41.4. The Balaban J connectivity index is 1.65. The molecule has 0 amide bonds. The molecule has 0 atom stereocenters. The molecule has 98 valence electrons. The lowest BCUT2D eigenvalue weighted by Gasteiger charge is -2.53. The van der Waals surface area contributed by atoms with E-state index in [1.807, 2.05) is 6.08 Å². The van der Waals surface area contributed by atoms with Crippen molar-refractivity contribution in [1.82, 2.24) is 0 Å². The second kappa shape index (κ2) is 4.52. The van der Waals surface area contributed by atoms with Crippen molar-refractivity contribution >= 4 is 11.8 Å². The number of carboxylic acids is 1. The van der Waals surface area contributed by atoms with Crippen molar-refractivity contribution in [3.8, 4) is 0 Å². The van der Waals surface area contributed by atoms with Gasteiger partial charge in [-0.3, -0.25) is 9.59 Å². The van der Waals surface area contributed by atoms with Crippen molar-refractivity contribution < 1.29 is 14.7 Å². The fourth-order valence-corrected chi connectivity index (χ4v) is 4.71. The van der Waals surface area contributed by atoms with Crippen molar-refractivity contribution in [2.24, 2.45) is 29.6 Å². The number of allylic oxidation sites excluding steroid dienone is 2. The second-order valence-electron chi connectivity index (χ2n) is 6.40. The Morgan fingerprint density at radius 1 is 1.00 bits per heavy atom. The monoisotopic (exact) mass is 248 g/mol. The maximum atomic E-state index is 11.4. The predicted octanol–water partition coefficient (Wildman–Crippen LogP) is 2.66. The van der Waals surface area contributed by atoms with Crippen molar-refractivity contribution in [3.63, 3.8) is 0 Å². The van der Waals surface area contributed by atoms with E-state index in [4.69, 9.17) is 5.11 Å². The number of carbonyl (C=O) groups excluding carboxylic acids is 1. The number of rotatable bonds is 4. The van der Waals surface area contributed by atoms with Crippen molar-refractivity contribution in [2.45, 2.75) is 38.5 Å². The third-order valence-corrected chi connectivity index (χ3v) is 5.13. The summed E-state index contributed by atoms with van der Waals surface area (Å²) in [7, 11) is 0. The molecule has 1 N–H and O–H groups in total. The van der Waals surface area contributed by atoms with Crippen LogP contribution in [0.3, 0.4) is 0 Å². The van der Waals surface area contributed by atoms with E-state index >= 15 is 0 Å². The second-order valence-corrected chi connectivity index (χ2v) is 6.40. The molecule has 4 bridgehead atoms. The van der Waals surface area contributed by atoms with Gasteiger partial charge in [0.1, 0.15) is 6.42 Å². The van der Waals surface area contributed by atoms with Crippen LogP contribution in [0.1, 0.15) is 38.5 Å². The van der Waals surface area contributed by atoms with Crippen molar-refractivity contribution in [1.29, 1.82) is 0 Å². The SMILES string of the molecule is O=C(O)CC(=O)/C=C/C1C2CC3CC(C2)CC1C3. The van der Waals surface area contributed by atoms with Gasteiger partial charge in [0, 0.05) is 0 Å². The number of hydrogen-bond donors (Lipinski definition) is 1. The molecule has 0 unspecified atom stereocenters. The predicted molar refractivity (Wildman–Crippen MR) is 66.9 cm³/mol. The molecule has 0 spiro atoms. The molecule has 0 aliphatic heterocycles. The van der Waals surface area contributed by atoms with E-state index < -0.39 is 5.97 Å². The highest BCUT2D eigenvalue weighted by Crippen LogP contribution is 2.56. The van der Waals surface area contributed by atoms with Crippen LogP contribution >= 0.6 is 0 Å². The fraction of sp³-hybridized carbons (Fsp3) is 0.733. The first-order valence-corrected chi connectivity index (χ1v) is 7.04. The van der Waals surface area contributed by atoms with Gasteiger partial charge in [-0.25, -0.2) is 0 Å². The molecule has 0 heterocycles. The molecule has 0 aromatic rings. The lowest BCUT2D eigenvalue weighted by molar-refractivity contribution is -0.139. The Morgan fingerprint density at radius 2 is 1.56 bits per heavy atom. The molecule has 0 aromatic heterocycles. The van der Waals surface area contributed by atoms with E-state index in [0.29, 0.717) is 5.92 Å². The van der Waals surface area contributed by atoms with E-state index in [9.17, 15) is 9.59 Å². The number of ketones is 1. The number of aliphatic carboxylic acids is 1. The van der Waals surface area contributed by atoms with Crippen LogP contribution in [0.15, 0.2) is 12.2 Å². The van der Waals surface area contributed by atoms with Crippen molar-refractivity contribution in [3.05, 3.63) is 12.2 Å². The smallest absolute Gasteiger partial charge is 0.311 e. The Kier molecular flexibility index (Phi) is 3.00. The minimum Gasteiger partial charge on any atom is -0.481 e. The van der Waals surface area contributed by atoms with Crippen LogP contribution in [-0.4, -0.2) is 16.9 Å². The van der Waals surface area contributed by atoms with Crippen LogP contribution in [0.5, 0.6) is 0 Å². The van der Waals surface area contributed by atoms with Gasteiger partial charge in [0.25, 0.3) is 0 Å². The molecule has 0 aromatic carbocycles. The standard InChI is InChI=1S/C15H20O3/c16-13(8-15(17)18)1-2-14-11-4-9-3-10(6-11)7-12(14)5-9/h1-2,9-12,14H,3-8H2,(H,17,18)/b2-1+. The quantitative estimate of drug-likeness (QED) is 0.614. The highest BCUT2D eigenvalue weighted by atomic mass is 16.4.